The molecule has 1 heterocycles. The summed E-state index contributed by atoms with van der Waals surface area (Å²) in [6.45, 7) is 3.08. The summed E-state index contributed by atoms with van der Waals surface area (Å²) >= 11 is 0. The monoisotopic (exact) mass is 207 g/mol. The fraction of sp³-hybridized carbons (Fsp3) is 0.545. The van der Waals surface area contributed by atoms with Gasteiger partial charge in [0.05, 0.1) is 12.1 Å². The summed E-state index contributed by atoms with van der Waals surface area (Å²) in [5.41, 5.74) is -0.0994. The van der Waals surface area contributed by atoms with E-state index in [1.54, 1.807) is 0 Å². The standard InChI is InChI=1S/C11H17N3O/c1-2-12-9-4-3-5-10(13-9)14-11(8-15)6-7-11/h3-5,15H,2,6-8H2,1H3,(H2,12,13,14). The summed E-state index contributed by atoms with van der Waals surface area (Å²) in [6, 6.07) is 5.82. The third kappa shape index (κ3) is 2.39. The lowest BCUT2D eigenvalue weighted by Gasteiger charge is -2.15. The van der Waals surface area contributed by atoms with Crippen LogP contribution in [0.1, 0.15) is 19.8 Å². The zero-order valence-electron chi connectivity index (χ0n) is 8.95. The number of anilines is 2. The first-order chi connectivity index (χ1) is 7.28. The lowest BCUT2D eigenvalue weighted by molar-refractivity contribution is 0.266. The summed E-state index contributed by atoms with van der Waals surface area (Å²) < 4.78 is 0. The van der Waals surface area contributed by atoms with Crippen molar-refractivity contribution in [3.05, 3.63) is 18.2 Å². The molecule has 0 bridgehead atoms. The fourth-order valence-corrected chi connectivity index (χ4v) is 1.53. The highest BCUT2D eigenvalue weighted by molar-refractivity contribution is 5.47. The third-order valence-corrected chi connectivity index (χ3v) is 2.66. The van der Waals surface area contributed by atoms with Gasteiger partial charge in [0, 0.05) is 6.54 Å². The van der Waals surface area contributed by atoms with Crippen LogP contribution in [-0.2, 0) is 0 Å². The summed E-state index contributed by atoms with van der Waals surface area (Å²) in [5.74, 6) is 1.70. The molecule has 1 aromatic heterocycles. The van der Waals surface area contributed by atoms with Crippen molar-refractivity contribution in [3.63, 3.8) is 0 Å². The predicted molar refractivity (Wildman–Crippen MR) is 61.1 cm³/mol. The number of nitrogens with zero attached hydrogens (tertiary/aromatic N) is 1. The first-order valence-corrected chi connectivity index (χ1v) is 5.38. The smallest absolute Gasteiger partial charge is 0.128 e. The molecule has 0 spiro atoms. The van der Waals surface area contributed by atoms with E-state index in [0.29, 0.717) is 0 Å². The van der Waals surface area contributed by atoms with Gasteiger partial charge < -0.3 is 15.7 Å². The Morgan fingerprint density at radius 2 is 2.13 bits per heavy atom. The molecule has 1 aliphatic carbocycles. The molecule has 4 nitrogen and oxygen atoms in total. The van der Waals surface area contributed by atoms with Crippen molar-refractivity contribution in [3.8, 4) is 0 Å². The first-order valence-electron chi connectivity index (χ1n) is 5.38. The van der Waals surface area contributed by atoms with Gasteiger partial charge in [-0.1, -0.05) is 6.07 Å². The van der Waals surface area contributed by atoms with Crippen LogP contribution in [0, 0.1) is 0 Å². The summed E-state index contributed by atoms with van der Waals surface area (Å²) in [4.78, 5) is 4.40. The van der Waals surface area contributed by atoms with Gasteiger partial charge in [0.25, 0.3) is 0 Å². The Morgan fingerprint density at radius 1 is 1.40 bits per heavy atom. The first kappa shape index (κ1) is 10.2. The van der Waals surface area contributed by atoms with Gasteiger partial charge in [-0.15, -0.1) is 0 Å². The summed E-state index contributed by atoms with van der Waals surface area (Å²) in [7, 11) is 0. The van der Waals surface area contributed by atoms with Crippen molar-refractivity contribution < 1.29 is 5.11 Å². The average Bonchev–Trinajstić information content (AvgIpc) is 3.00. The minimum absolute atomic E-state index is 0.0994. The summed E-state index contributed by atoms with van der Waals surface area (Å²) in [5, 5.41) is 15.6. The Balaban J connectivity index is 2.05. The molecule has 1 saturated carbocycles. The van der Waals surface area contributed by atoms with Gasteiger partial charge >= 0.3 is 0 Å². The molecule has 3 N–H and O–H groups in total. The van der Waals surface area contributed by atoms with Crippen LogP contribution < -0.4 is 10.6 Å². The van der Waals surface area contributed by atoms with Crippen LogP contribution >= 0.6 is 0 Å². The van der Waals surface area contributed by atoms with Gasteiger partial charge in [-0.3, -0.25) is 0 Å². The average molecular weight is 207 g/mol. The molecule has 1 fully saturated rings. The van der Waals surface area contributed by atoms with Crippen molar-refractivity contribution in [2.75, 3.05) is 23.8 Å². The van der Waals surface area contributed by atoms with Gasteiger partial charge in [0.2, 0.25) is 0 Å². The molecule has 1 aromatic rings. The zero-order valence-corrected chi connectivity index (χ0v) is 8.95. The normalized spacial score (nSPS) is 17.2. The molecular weight excluding hydrogens is 190 g/mol. The van der Waals surface area contributed by atoms with Crippen molar-refractivity contribution in [2.45, 2.75) is 25.3 Å². The fourth-order valence-electron chi connectivity index (χ4n) is 1.53. The highest BCUT2D eigenvalue weighted by Gasteiger charge is 2.42. The van der Waals surface area contributed by atoms with E-state index in [-0.39, 0.29) is 12.1 Å². The number of nitrogens with one attached hydrogen (secondary N) is 2. The molecule has 0 aliphatic heterocycles. The van der Waals surface area contributed by atoms with Crippen LogP contribution in [0.3, 0.4) is 0 Å². The Morgan fingerprint density at radius 3 is 2.73 bits per heavy atom. The summed E-state index contributed by atoms with van der Waals surface area (Å²) in [6.07, 6.45) is 2.05. The third-order valence-electron chi connectivity index (χ3n) is 2.66. The highest BCUT2D eigenvalue weighted by Crippen LogP contribution is 2.37. The van der Waals surface area contributed by atoms with Crippen LogP contribution in [0.5, 0.6) is 0 Å². The van der Waals surface area contributed by atoms with E-state index in [2.05, 4.69) is 15.6 Å². The second-order valence-corrected chi connectivity index (χ2v) is 4.00. The molecule has 82 valence electrons. The lowest BCUT2D eigenvalue weighted by Crippen LogP contribution is -2.26. The number of aliphatic hydroxyl groups is 1. The Bertz CT molecular complexity index is 336. The largest absolute Gasteiger partial charge is 0.394 e. The van der Waals surface area contributed by atoms with Crippen LogP contribution in [0.2, 0.25) is 0 Å². The predicted octanol–water partition coefficient (Wildman–Crippen LogP) is 1.45. The SMILES string of the molecule is CCNc1cccc(NC2(CO)CC2)n1. The van der Waals surface area contributed by atoms with E-state index >= 15 is 0 Å². The highest BCUT2D eigenvalue weighted by atomic mass is 16.3. The number of hydrogen-bond acceptors (Lipinski definition) is 4. The van der Waals surface area contributed by atoms with E-state index in [1.165, 1.54) is 0 Å². The maximum absolute atomic E-state index is 9.18. The maximum Gasteiger partial charge on any atom is 0.128 e. The molecule has 0 aromatic carbocycles. The number of pyridine rings is 1. The van der Waals surface area contributed by atoms with Gasteiger partial charge in [-0.2, -0.15) is 0 Å². The van der Waals surface area contributed by atoms with Crippen molar-refractivity contribution in [1.29, 1.82) is 0 Å². The van der Waals surface area contributed by atoms with Crippen molar-refractivity contribution >= 4 is 11.6 Å². The van der Waals surface area contributed by atoms with E-state index in [1.807, 2.05) is 25.1 Å². The molecule has 0 radical (unpaired) electrons. The van der Waals surface area contributed by atoms with Crippen molar-refractivity contribution in [2.24, 2.45) is 0 Å². The molecule has 0 atom stereocenters. The Kier molecular flexibility index (Phi) is 2.77. The van der Waals surface area contributed by atoms with E-state index in [0.717, 1.165) is 31.0 Å². The molecule has 0 amide bonds. The van der Waals surface area contributed by atoms with Crippen molar-refractivity contribution in [1.82, 2.24) is 4.98 Å². The van der Waals surface area contributed by atoms with E-state index < -0.39 is 0 Å². The van der Waals surface area contributed by atoms with E-state index in [9.17, 15) is 5.11 Å². The van der Waals surface area contributed by atoms with Gasteiger partial charge in [0.1, 0.15) is 11.6 Å². The Labute approximate surface area is 89.7 Å². The topological polar surface area (TPSA) is 57.2 Å². The second-order valence-electron chi connectivity index (χ2n) is 4.00. The molecule has 15 heavy (non-hydrogen) atoms. The molecule has 1 aliphatic rings. The quantitative estimate of drug-likeness (QED) is 0.684. The number of rotatable bonds is 5. The number of aliphatic hydroxyl groups excluding tert-OH is 1. The van der Waals surface area contributed by atoms with Gasteiger partial charge in [-0.25, -0.2) is 4.98 Å². The molecular formula is C11H17N3O. The Hall–Kier alpha value is -1.29. The zero-order chi connectivity index (χ0) is 10.7. The minimum atomic E-state index is -0.0994. The second kappa shape index (κ2) is 4.06. The van der Waals surface area contributed by atoms with Gasteiger partial charge in [0.15, 0.2) is 0 Å². The number of aromatic nitrogens is 1. The van der Waals surface area contributed by atoms with Crippen LogP contribution in [-0.4, -0.2) is 28.8 Å². The minimum Gasteiger partial charge on any atom is -0.394 e. The molecule has 2 rings (SSSR count). The molecule has 4 heteroatoms. The van der Waals surface area contributed by atoms with Crippen LogP contribution in [0.15, 0.2) is 18.2 Å². The van der Waals surface area contributed by atoms with Crippen LogP contribution in [0.4, 0.5) is 11.6 Å². The van der Waals surface area contributed by atoms with E-state index in [4.69, 9.17) is 0 Å². The lowest BCUT2D eigenvalue weighted by atomic mass is 10.3. The maximum atomic E-state index is 9.18. The van der Waals surface area contributed by atoms with Gasteiger partial charge in [-0.05, 0) is 31.9 Å². The molecule has 0 saturated heterocycles. The number of hydrogen-bond donors (Lipinski definition) is 3. The van der Waals surface area contributed by atoms with Crippen LogP contribution in [0.25, 0.3) is 0 Å². The molecule has 0 unspecified atom stereocenters.